The van der Waals surface area contributed by atoms with Crippen LogP contribution in [0.5, 0.6) is 0 Å². The summed E-state index contributed by atoms with van der Waals surface area (Å²) in [7, 11) is 1.34. The molecule has 1 amide bonds. The lowest BCUT2D eigenvalue weighted by atomic mass is 10.0. The van der Waals surface area contributed by atoms with Crippen molar-refractivity contribution in [1.29, 1.82) is 0 Å². The van der Waals surface area contributed by atoms with Gasteiger partial charge in [-0.1, -0.05) is 13.8 Å². The number of amides is 1. The van der Waals surface area contributed by atoms with Gasteiger partial charge < -0.3 is 20.1 Å². The van der Waals surface area contributed by atoms with Crippen molar-refractivity contribution in [2.45, 2.75) is 51.7 Å². The van der Waals surface area contributed by atoms with Gasteiger partial charge in [-0.2, -0.15) is 0 Å². The summed E-state index contributed by atoms with van der Waals surface area (Å²) in [6, 6.07) is -0.568. The molecule has 0 aromatic carbocycles. The summed E-state index contributed by atoms with van der Waals surface area (Å²) >= 11 is 0. The van der Waals surface area contributed by atoms with E-state index in [1.165, 1.54) is 7.11 Å². The minimum Gasteiger partial charge on any atom is -0.467 e. The summed E-state index contributed by atoms with van der Waals surface area (Å²) < 4.78 is 10.4. The van der Waals surface area contributed by atoms with Crippen LogP contribution < -0.4 is 10.6 Å². The van der Waals surface area contributed by atoms with Crippen molar-refractivity contribution in [1.82, 2.24) is 10.6 Å². The molecule has 1 fully saturated rings. The average molecular weight is 300 g/mol. The normalized spacial score (nSPS) is 17.5. The lowest BCUT2D eigenvalue weighted by molar-refractivity contribution is -0.145. The molecule has 0 bridgehead atoms. The highest BCUT2D eigenvalue weighted by Crippen LogP contribution is 2.08. The van der Waals surface area contributed by atoms with Gasteiger partial charge in [0.05, 0.1) is 19.8 Å². The van der Waals surface area contributed by atoms with Crippen LogP contribution in [0.4, 0.5) is 0 Å². The average Bonchev–Trinajstić information content (AvgIpc) is 2.46. The minimum atomic E-state index is -0.568. The van der Waals surface area contributed by atoms with Gasteiger partial charge in [0.1, 0.15) is 6.04 Å². The number of nitrogens with one attached hydrogen (secondary N) is 2. The predicted octanol–water partition coefficient (Wildman–Crippen LogP) is 0.849. The molecule has 21 heavy (non-hydrogen) atoms. The molecular formula is C15H28N2O4. The highest BCUT2D eigenvalue weighted by Gasteiger charge is 2.22. The summed E-state index contributed by atoms with van der Waals surface area (Å²) in [5.74, 6) is -0.253. The largest absolute Gasteiger partial charge is 0.467 e. The number of rotatable bonds is 8. The zero-order chi connectivity index (χ0) is 15.7. The lowest BCUT2D eigenvalue weighted by Gasteiger charge is -2.23. The molecule has 0 spiro atoms. The van der Waals surface area contributed by atoms with Gasteiger partial charge in [0, 0.05) is 6.42 Å². The molecule has 0 unspecified atom stereocenters. The minimum absolute atomic E-state index is 0.167. The maximum atomic E-state index is 11.9. The number of carbonyl (C=O) groups is 2. The summed E-state index contributed by atoms with van der Waals surface area (Å²) in [5, 5.41) is 6.00. The molecule has 1 atom stereocenters. The summed E-state index contributed by atoms with van der Waals surface area (Å²) in [4.78, 5) is 23.5. The van der Waals surface area contributed by atoms with Crippen molar-refractivity contribution in [3.8, 4) is 0 Å². The van der Waals surface area contributed by atoms with Gasteiger partial charge in [-0.25, -0.2) is 4.79 Å². The first-order valence-electron chi connectivity index (χ1n) is 7.72. The highest BCUT2D eigenvalue weighted by molar-refractivity contribution is 5.84. The summed E-state index contributed by atoms with van der Waals surface area (Å²) in [6.07, 6.45) is 3.06. The van der Waals surface area contributed by atoms with Gasteiger partial charge in [0.15, 0.2) is 0 Å². The van der Waals surface area contributed by atoms with Gasteiger partial charge in [-0.15, -0.1) is 0 Å². The molecule has 6 heteroatoms. The quantitative estimate of drug-likeness (QED) is 0.650. The van der Waals surface area contributed by atoms with Crippen LogP contribution in [0.25, 0.3) is 0 Å². The van der Waals surface area contributed by atoms with Gasteiger partial charge in [0.2, 0.25) is 5.91 Å². The fraction of sp³-hybridized carbons (Fsp3) is 0.867. The number of hydrogen-bond acceptors (Lipinski definition) is 5. The van der Waals surface area contributed by atoms with Crippen molar-refractivity contribution < 1.29 is 19.1 Å². The second-order valence-corrected chi connectivity index (χ2v) is 5.84. The van der Waals surface area contributed by atoms with E-state index in [0.29, 0.717) is 18.9 Å². The first-order valence-corrected chi connectivity index (χ1v) is 7.72. The Morgan fingerprint density at radius 2 is 1.95 bits per heavy atom. The smallest absolute Gasteiger partial charge is 0.328 e. The molecule has 1 aliphatic heterocycles. The standard InChI is InChI=1S/C15H28N2O4/c1-11(2)10-13(15(19)20-3)17-14(18)6-9-21-12-4-7-16-8-5-12/h11-13,16H,4-10H2,1-3H3,(H,17,18)/t13-/m0/s1. The number of piperidine rings is 1. The third-order valence-electron chi connectivity index (χ3n) is 3.50. The topological polar surface area (TPSA) is 76.7 Å². The second-order valence-electron chi connectivity index (χ2n) is 5.84. The van der Waals surface area contributed by atoms with Crippen LogP contribution >= 0.6 is 0 Å². The molecule has 0 aliphatic carbocycles. The number of esters is 1. The molecule has 2 N–H and O–H groups in total. The Morgan fingerprint density at radius 3 is 2.52 bits per heavy atom. The molecule has 1 rings (SSSR count). The van der Waals surface area contributed by atoms with E-state index in [9.17, 15) is 9.59 Å². The highest BCUT2D eigenvalue weighted by atomic mass is 16.5. The molecular weight excluding hydrogens is 272 g/mol. The number of carbonyl (C=O) groups excluding carboxylic acids is 2. The molecule has 0 saturated carbocycles. The maximum Gasteiger partial charge on any atom is 0.328 e. The van der Waals surface area contributed by atoms with Crippen molar-refractivity contribution >= 4 is 11.9 Å². The van der Waals surface area contributed by atoms with E-state index < -0.39 is 12.0 Å². The summed E-state index contributed by atoms with van der Waals surface area (Å²) in [6.45, 7) is 6.34. The van der Waals surface area contributed by atoms with E-state index in [1.807, 2.05) is 13.8 Å². The monoisotopic (exact) mass is 300 g/mol. The van der Waals surface area contributed by atoms with E-state index in [2.05, 4.69) is 10.6 Å². The van der Waals surface area contributed by atoms with Crippen molar-refractivity contribution in [3.63, 3.8) is 0 Å². The Hall–Kier alpha value is -1.14. The molecule has 1 aliphatic rings. The van der Waals surface area contributed by atoms with E-state index in [4.69, 9.17) is 9.47 Å². The molecule has 1 heterocycles. The van der Waals surface area contributed by atoms with Gasteiger partial charge in [-0.3, -0.25) is 4.79 Å². The number of ether oxygens (including phenoxy) is 2. The predicted molar refractivity (Wildman–Crippen MR) is 79.9 cm³/mol. The zero-order valence-corrected chi connectivity index (χ0v) is 13.3. The van der Waals surface area contributed by atoms with Crippen LogP contribution in [0, 0.1) is 5.92 Å². The molecule has 0 aromatic rings. The molecule has 122 valence electrons. The third kappa shape index (κ3) is 7.43. The van der Waals surface area contributed by atoms with E-state index in [1.54, 1.807) is 0 Å². The third-order valence-corrected chi connectivity index (χ3v) is 3.50. The Kier molecular flexibility index (Phi) is 8.30. The van der Waals surface area contributed by atoms with E-state index >= 15 is 0 Å². The molecule has 6 nitrogen and oxygen atoms in total. The molecule has 0 aromatic heterocycles. The Labute approximate surface area is 126 Å². The first kappa shape index (κ1) is 17.9. The van der Waals surface area contributed by atoms with Crippen LogP contribution in [0.3, 0.4) is 0 Å². The number of hydrogen-bond donors (Lipinski definition) is 2. The molecule has 0 radical (unpaired) electrons. The Morgan fingerprint density at radius 1 is 1.29 bits per heavy atom. The zero-order valence-electron chi connectivity index (χ0n) is 13.3. The Bertz CT molecular complexity index is 328. The van der Waals surface area contributed by atoms with Crippen LogP contribution in [-0.2, 0) is 19.1 Å². The van der Waals surface area contributed by atoms with Gasteiger partial charge >= 0.3 is 5.97 Å². The van der Waals surface area contributed by atoms with Crippen molar-refractivity contribution in [2.75, 3.05) is 26.8 Å². The van der Waals surface area contributed by atoms with Crippen LogP contribution in [0.1, 0.15) is 39.5 Å². The van der Waals surface area contributed by atoms with Crippen molar-refractivity contribution in [3.05, 3.63) is 0 Å². The van der Waals surface area contributed by atoms with Crippen LogP contribution in [-0.4, -0.2) is 50.8 Å². The van der Waals surface area contributed by atoms with Crippen molar-refractivity contribution in [2.24, 2.45) is 5.92 Å². The lowest BCUT2D eigenvalue weighted by Crippen LogP contribution is -2.42. The fourth-order valence-corrected chi connectivity index (χ4v) is 2.37. The molecule has 1 saturated heterocycles. The first-order chi connectivity index (χ1) is 10.0. The second kappa shape index (κ2) is 9.73. The van der Waals surface area contributed by atoms with Crippen LogP contribution in [0.2, 0.25) is 0 Å². The Balaban J connectivity index is 2.27. The number of methoxy groups -OCH3 is 1. The summed E-state index contributed by atoms with van der Waals surface area (Å²) in [5.41, 5.74) is 0. The SMILES string of the molecule is COC(=O)[C@H](CC(C)C)NC(=O)CCOC1CCNCC1. The van der Waals surface area contributed by atoms with Gasteiger partial charge in [0.25, 0.3) is 0 Å². The fourth-order valence-electron chi connectivity index (χ4n) is 2.37. The van der Waals surface area contributed by atoms with Crippen LogP contribution in [0.15, 0.2) is 0 Å². The maximum absolute atomic E-state index is 11.9. The van der Waals surface area contributed by atoms with Gasteiger partial charge in [-0.05, 0) is 38.3 Å². The van der Waals surface area contributed by atoms with E-state index in [0.717, 1.165) is 25.9 Å². The van der Waals surface area contributed by atoms with E-state index in [-0.39, 0.29) is 18.4 Å².